The van der Waals surface area contributed by atoms with E-state index in [1.807, 2.05) is 48.5 Å². The van der Waals surface area contributed by atoms with Gasteiger partial charge in [-0.1, -0.05) is 36.4 Å². The van der Waals surface area contributed by atoms with Gasteiger partial charge in [-0.05, 0) is 25.5 Å². The Hall–Kier alpha value is -2.33. The fraction of sp³-hybridized carbons (Fsp3) is 0.316. The fourth-order valence-corrected chi connectivity index (χ4v) is 3.12. The number of rotatable bonds is 3. The SMILES string of the molecule is COc1ccccc1CC(=O)N1CCC(C)(O)c2ccccc21. The normalized spacial score (nSPS) is 20.0. The number of anilines is 1. The third-order valence-electron chi connectivity index (χ3n) is 4.43. The lowest BCUT2D eigenvalue weighted by atomic mass is 9.87. The van der Waals surface area contributed by atoms with Gasteiger partial charge in [0, 0.05) is 23.4 Å². The number of carbonyl (C=O) groups excluding carboxylic acids is 1. The number of aliphatic hydroxyl groups is 1. The number of nitrogens with zero attached hydrogens (tertiary/aromatic N) is 1. The molecule has 0 saturated carbocycles. The predicted octanol–water partition coefficient (Wildman–Crippen LogP) is 2.88. The summed E-state index contributed by atoms with van der Waals surface area (Å²) in [6.45, 7) is 2.31. The Morgan fingerprint density at radius 3 is 2.70 bits per heavy atom. The van der Waals surface area contributed by atoms with E-state index in [0.717, 1.165) is 22.6 Å². The van der Waals surface area contributed by atoms with Crippen LogP contribution in [0.1, 0.15) is 24.5 Å². The molecule has 1 amide bonds. The Bertz CT molecular complexity index is 724. The number of carbonyl (C=O) groups is 1. The van der Waals surface area contributed by atoms with E-state index in [4.69, 9.17) is 4.74 Å². The molecule has 1 aliphatic heterocycles. The molecule has 0 fully saturated rings. The lowest BCUT2D eigenvalue weighted by Gasteiger charge is -2.38. The van der Waals surface area contributed by atoms with E-state index >= 15 is 0 Å². The van der Waals surface area contributed by atoms with Crippen molar-refractivity contribution in [2.75, 3.05) is 18.6 Å². The van der Waals surface area contributed by atoms with Crippen LogP contribution in [0.2, 0.25) is 0 Å². The van der Waals surface area contributed by atoms with Gasteiger partial charge in [-0.3, -0.25) is 4.79 Å². The molecule has 0 spiro atoms. The second kappa shape index (κ2) is 6.05. The van der Waals surface area contributed by atoms with Crippen LogP contribution < -0.4 is 9.64 Å². The minimum atomic E-state index is -0.891. The highest BCUT2D eigenvalue weighted by Gasteiger charge is 2.35. The van der Waals surface area contributed by atoms with Gasteiger partial charge in [0.1, 0.15) is 5.75 Å². The van der Waals surface area contributed by atoms with E-state index in [2.05, 4.69) is 0 Å². The lowest BCUT2D eigenvalue weighted by molar-refractivity contribution is -0.118. The fourth-order valence-electron chi connectivity index (χ4n) is 3.12. The van der Waals surface area contributed by atoms with Crippen molar-refractivity contribution < 1.29 is 14.6 Å². The Balaban J connectivity index is 1.89. The molecule has 2 aromatic carbocycles. The molecule has 3 rings (SSSR count). The van der Waals surface area contributed by atoms with Crippen LogP contribution in [0.5, 0.6) is 5.75 Å². The third kappa shape index (κ3) is 2.94. The molecule has 1 heterocycles. The van der Waals surface area contributed by atoms with E-state index < -0.39 is 5.60 Å². The summed E-state index contributed by atoms with van der Waals surface area (Å²) in [4.78, 5) is 14.6. The van der Waals surface area contributed by atoms with Gasteiger partial charge in [-0.2, -0.15) is 0 Å². The second-order valence-electron chi connectivity index (χ2n) is 6.08. The molecule has 0 saturated heterocycles. The van der Waals surface area contributed by atoms with Crippen molar-refractivity contribution in [2.24, 2.45) is 0 Å². The maximum absolute atomic E-state index is 12.8. The van der Waals surface area contributed by atoms with Crippen LogP contribution in [0.25, 0.3) is 0 Å². The molecule has 23 heavy (non-hydrogen) atoms. The molecule has 4 heteroatoms. The third-order valence-corrected chi connectivity index (χ3v) is 4.43. The summed E-state index contributed by atoms with van der Waals surface area (Å²) in [7, 11) is 1.61. The predicted molar refractivity (Wildman–Crippen MR) is 89.7 cm³/mol. The maximum atomic E-state index is 12.8. The number of hydrogen-bond acceptors (Lipinski definition) is 3. The molecule has 120 valence electrons. The molecular weight excluding hydrogens is 290 g/mol. The summed E-state index contributed by atoms with van der Waals surface area (Å²) in [5.74, 6) is 0.732. The smallest absolute Gasteiger partial charge is 0.231 e. The summed E-state index contributed by atoms with van der Waals surface area (Å²) >= 11 is 0. The zero-order chi connectivity index (χ0) is 16.4. The van der Waals surface area contributed by atoms with Gasteiger partial charge < -0.3 is 14.7 Å². The Labute approximate surface area is 136 Å². The first kappa shape index (κ1) is 15.6. The zero-order valence-electron chi connectivity index (χ0n) is 13.5. The highest BCUT2D eigenvalue weighted by atomic mass is 16.5. The van der Waals surface area contributed by atoms with Crippen molar-refractivity contribution in [3.63, 3.8) is 0 Å². The topological polar surface area (TPSA) is 49.8 Å². The van der Waals surface area contributed by atoms with E-state index in [1.165, 1.54) is 0 Å². The van der Waals surface area contributed by atoms with Crippen molar-refractivity contribution in [2.45, 2.75) is 25.4 Å². The van der Waals surface area contributed by atoms with Gasteiger partial charge in [-0.25, -0.2) is 0 Å². The standard InChI is InChI=1S/C19H21NO3/c1-19(22)11-12-20(16-9-5-4-8-15(16)19)18(21)13-14-7-3-6-10-17(14)23-2/h3-10,22H,11-13H2,1-2H3. The summed E-state index contributed by atoms with van der Waals surface area (Å²) in [5, 5.41) is 10.5. The first-order chi connectivity index (χ1) is 11.0. The van der Waals surface area contributed by atoms with Crippen molar-refractivity contribution in [1.29, 1.82) is 0 Å². The van der Waals surface area contributed by atoms with E-state index in [-0.39, 0.29) is 12.3 Å². The average Bonchev–Trinajstić information content (AvgIpc) is 2.55. The Morgan fingerprint density at radius 1 is 1.22 bits per heavy atom. The highest BCUT2D eigenvalue weighted by molar-refractivity contribution is 5.96. The molecule has 1 unspecified atom stereocenters. The maximum Gasteiger partial charge on any atom is 0.231 e. The number of fused-ring (bicyclic) bond motifs is 1. The van der Waals surface area contributed by atoms with Crippen molar-refractivity contribution in [3.05, 3.63) is 59.7 Å². The van der Waals surface area contributed by atoms with Crippen LogP contribution in [-0.4, -0.2) is 24.7 Å². The molecular formula is C19H21NO3. The number of amides is 1. The van der Waals surface area contributed by atoms with E-state index in [9.17, 15) is 9.90 Å². The van der Waals surface area contributed by atoms with Gasteiger partial charge in [0.2, 0.25) is 5.91 Å². The molecule has 1 atom stereocenters. The summed E-state index contributed by atoms with van der Waals surface area (Å²) in [6, 6.07) is 15.1. The molecule has 0 aromatic heterocycles. The molecule has 4 nitrogen and oxygen atoms in total. The molecule has 2 aromatic rings. The first-order valence-corrected chi connectivity index (χ1v) is 7.77. The number of para-hydroxylation sites is 2. The molecule has 0 radical (unpaired) electrons. The van der Waals surface area contributed by atoms with Crippen LogP contribution in [0.3, 0.4) is 0 Å². The molecule has 1 aliphatic rings. The largest absolute Gasteiger partial charge is 0.496 e. The minimum Gasteiger partial charge on any atom is -0.496 e. The van der Waals surface area contributed by atoms with Crippen molar-refractivity contribution >= 4 is 11.6 Å². The van der Waals surface area contributed by atoms with Crippen LogP contribution in [0.4, 0.5) is 5.69 Å². The van der Waals surface area contributed by atoms with Gasteiger partial charge >= 0.3 is 0 Å². The average molecular weight is 311 g/mol. The van der Waals surface area contributed by atoms with Crippen LogP contribution >= 0.6 is 0 Å². The van der Waals surface area contributed by atoms with Gasteiger partial charge in [-0.15, -0.1) is 0 Å². The van der Waals surface area contributed by atoms with Crippen LogP contribution in [-0.2, 0) is 16.8 Å². The summed E-state index contributed by atoms with van der Waals surface area (Å²) in [6.07, 6.45) is 0.808. The van der Waals surface area contributed by atoms with Crippen LogP contribution in [0.15, 0.2) is 48.5 Å². The summed E-state index contributed by atoms with van der Waals surface area (Å²) < 4.78 is 5.33. The van der Waals surface area contributed by atoms with Gasteiger partial charge in [0.25, 0.3) is 0 Å². The highest BCUT2D eigenvalue weighted by Crippen LogP contribution is 2.38. The summed E-state index contributed by atoms with van der Waals surface area (Å²) in [5.41, 5.74) is 1.58. The number of ether oxygens (including phenoxy) is 1. The number of benzene rings is 2. The minimum absolute atomic E-state index is 0.0115. The second-order valence-corrected chi connectivity index (χ2v) is 6.08. The molecule has 1 N–H and O–H groups in total. The van der Waals surface area contributed by atoms with E-state index in [1.54, 1.807) is 18.9 Å². The molecule has 0 bridgehead atoms. The Kier molecular flexibility index (Phi) is 4.09. The lowest BCUT2D eigenvalue weighted by Crippen LogP contribution is -2.42. The van der Waals surface area contributed by atoms with Crippen LogP contribution in [0, 0.1) is 0 Å². The van der Waals surface area contributed by atoms with E-state index in [0.29, 0.717) is 13.0 Å². The van der Waals surface area contributed by atoms with Gasteiger partial charge in [0.15, 0.2) is 0 Å². The monoisotopic (exact) mass is 311 g/mol. The van der Waals surface area contributed by atoms with Crippen molar-refractivity contribution in [3.8, 4) is 5.75 Å². The molecule has 0 aliphatic carbocycles. The number of methoxy groups -OCH3 is 1. The Morgan fingerprint density at radius 2 is 1.91 bits per heavy atom. The quantitative estimate of drug-likeness (QED) is 0.948. The first-order valence-electron chi connectivity index (χ1n) is 7.77. The van der Waals surface area contributed by atoms with Gasteiger partial charge in [0.05, 0.1) is 19.1 Å². The number of hydrogen-bond donors (Lipinski definition) is 1. The zero-order valence-corrected chi connectivity index (χ0v) is 13.5. The van der Waals surface area contributed by atoms with Crippen molar-refractivity contribution in [1.82, 2.24) is 0 Å².